The molecule has 0 aromatic heterocycles. The van der Waals surface area contributed by atoms with Gasteiger partial charge in [-0.25, -0.2) is 0 Å². The van der Waals surface area contributed by atoms with Gasteiger partial charge in [-0.1, -0.05) is 90.4 Å². The molecule has 1 rings (SSSR count). The van der Waals surface area contributed by atoms with Crippen LogP contribution >= 0.6 is 0 Å². The molecule has 0 saturated heterocycles. The number of allylic oxidation sites excluding steroid dienone is 1. The van der Waals surface area contributed by atoms with Crippen LogP contribution in [-0.4, -0.2) is 11.9 Å². The van der Waals surface area contributed by atoms with Crippen molar-refractivity contribution in [1.82, 2.24) is 0 Å². The van der Waals surface area contributed by atoms with E-state index in [9.17, 15) is 14.7 Å². The third-order valence-corrected chi connectivity index (χ3v) is 5.88. The number of hydrogen-bond donors (Lipinski definition) is 0. The van der Waals surface area contributed by atoms with Crippen LogP contribution in [0.2, 0.25) is 0 Å². The summed E-state index contributed by atoms with van der Waals surface area (Å²) in [7, 11) is 0. The second kappa shape index (κ2) is 19.6. The van der Waals surface area contributed by atoms with Crippen LogP contribution in [-0.2, 0) is 14.3 Å². The van der Waals surface area contributed by atoms with Crippen LogP contribution in [0.1, 0.15) is 116 Å². The van der Waals surface area contributed by atoms with Gasteiger partial charge in [0.25, 0.3) is 0 Å². The maximum atomic E-state index is 12.1. The largest absolute Gasteiger partial charge is 1.00 e. The van der Waals surface area contributed by atoms with Gasteiger partial charge < -0.3 is 14.6 Å². The Morgan fingerprint density at radius 1 is 0.828 bits per heavy atom. The smallest absolute Gasteiger partial charge is 0.550 e. The molecule has 2 unspecified atom stereocenters. The fourth-order valence-electron chi connectivity index (χ4n) is 4.07. The molecule has 0 N–H and O–H groups in total. The van der Waals surface area contributed by atoms with Gasteiger partial charge >= 0.3 is 35.5 Å². The number of carbonyl (C=O) groups is 2. The zero-order valence-electron chi connectivity index (χ0n) is 19.0. The first-order valence-corrected chi connectivity index (χ1v) is 11.7. The molecule has 0 amide bonds. The number of rotatable bonds is 16. The SMILES string of the molecule is CCCCCCCCCCCCCC/C=C/OC(=O)C1CCCCC1C(=O)[O-].[Na+]. The van der Waals surface area contributed by atoms with E-state index < -0.39 is 23.8 Å². The Labute approximate surface area is 200 Å². The van der Waals surface area contributed by atoms with Gasteiger partial charge in [-0.05, 0) is 31.8 Å². The number of esters is 1. The van der Waals surface area contributed by atoms with Crippen LogP contribution in [0.25, 0.3) is 0 Å². The van der Waals surface area contributed by atoms with Gasteiger partial charge in [-0.2, -0.15) is 0 Å². The number of hydrogen-bond acceptors (Lipinski definition) is 4. The molecule has 2 atom stereocenters. The van der Waals surface area contributed by atoms with Gasteiger partial charge in [0.15, 0.2) is 0 Å². The van der Waals surface area contributed by atoms with Crippen molar-refractivity contribution < 1.29 is 49.0 Å². The Kier molecular flexibility index (Phi) is 19.4. The first-order chi connectivity index (χ1) is 13.7. The molecule has 4 nitrogen and oxygen atoms in total. The van der Waals surface area contributed by atoms with Gasteiger partial charge in [0.1, 0.15) is 0 Å². The predicted molar refractivity (Wildman–Crippen MR) is 111 cm³/mol. The molecule has 0 heterocycles. The Morgan fingerprint density at radius 3 is 1.83 bits per heavy atom. The average Bonchev–Trinajstić information content (AvgIpc) is 2.70. The van der Waals surface area contributed by atoms with Crippen molar-refractivity contribution in [2.75, 3.05) is 0 Å². The molecule has 0 bridgehead atoms. The second-order valence-corrected chi connectivity index (χ2v) is 8.30. The normalized spacial score (nSPS) is 19.1. The molecule has 0 radical (unpaired) electrons. The third-order valence-electron chi connectivity index (χ3n) is 5.88. The van der Waals surface area contributed by atoms with Crippen molar-refractivity contribution in [3.05, 3.63) is 12.3 Å². The molecule has 0 aromatic carbocycles. The van der Waals surface area contributed by atoms with Gasteiger partial charge in [-0.15, -0.1) is 0 Å². The van der Waals surface area contributed by atoms with Crippen LogP contribution in [0.15, 0.2) is 12.3 Å². The van der Waals surface area contributed by atoms with Gasteiger partial charge in [-0.3, -0.25) is 4.79 Å². The van der Waals surface area contributed by atoms with E-state index in [4.69, 9.17) is 4.74 Å². The zero-order chi connectivity index (χ0) is 20.5. The maximum absolute atomic E-state index is 12.1. The van der Waals surface area contributed by atoms with Crippen LogP contribution in [0, 0.1) is 11.8 Å². The summed E-state index contributed by atoms with van der Waals surface area (Å²) in [6.07, 6.45) is 23.0. The van der Waals surface area contributed by atoms with Gasteiger partial charge in [0.05, 0.1) is 12.2 Å². The Bertz CT molecular complexity index is 450. The minimum absolute atomic E-state index is 0. The molecule has 29 heavy (non-hydrogen) atoms. The van der Waals surface area contributed by atoms with Crippen molar-refractivity contribution in [2.24, 2.45) is 11.8 Å². The standard InChI is InChI=1S/C24H42O4.Na/c1-2-3-4-5-6-7-8-9-10-11-12-13-14-17-20-28-24(27)22-19-16-15-18-21(22)23(25)26;/h17,20-22H,2-16,18-19H2,1H3,(H,25,26);/q;+1/p-1/b20-17+;. The summed E-state index contributed by atoms with van der Waals surface area (Å²) in [5.41, 5.74) is 0. The molecule has 0 aliphatic heterocycles. The van der Waals surface area contributed by atoms with E-state index in [-0.39, 0.29) is 29.6 Å². The van der Waals surface area contributed by atoms with Crippen molar-refractivity contribution >= 4 is 11.9 Å². The number of unbranched alkanes of at least 4 members (excludes halogenated alkanes) is 12. The number of aliphatic carboxylic acids is 1. The quantitative estimate of drug-likeness (QED) is 0.168. The summed E-state index contributed by atoms with van der Waals surface area (Å²) in [5.74, 6) is -2.77. The molecule has 1 aliphatic carbocycles. The molecule has 162 valence electrons. The van der Waals surface area contributed by atoms with Crippen LogP contribution in [0.4, 0.5) is 0 Å². The Hall–Kier alpha value is -0.320. The van der Waals surface area contributed by atoms with Crippen LogP contribution in [0.3, 0.4) is 0 Å². The first-order valence-electron chi connectivity index (χ1n) is 11.7. The fraction of sp³-hybridized carbons (Fsp3) is 0.833. The summed E-state index contributed by atoms with van der Waals surface area (Å²) in [6, 6.07) is 0. The predicted octanol–water partition coefficient (Wildman–Crippen LogP) is 2.69. The van der Waals surface area contributed by atoms with E-state index in [0.717, 1.165) is 25.7 Å². The monoisotopic (exact) mass is 416 g/mol. The molecule has 0 aromatic rings. The number of carboxylic acids is 1. The summed E-state index contributed by atoms with van der Waals surface area (Å²) in [5, 5.41) is 11.1. The van der Waals surface area contributed by atoms with E-state index >= 15 is 0 Å². The molecule has 1 fully saturated rings. The molecule has 1 saturated carbocycles. The third kappa shape index (κ3) is 14.3. The van der Waals surface area contributed by atoms with Crippen molar-refractivity contribution in [3.8, 4) is 0 Å². The van der Waals surface area contributed by atoms with Crippen LogP contribution in [0.5, 0.6) is 0 Å². The summed E-state index contributed by atoms with van der Waals surface area (Å²) in [4.78, 5) is 23.2. The molecular formula is C24H41NaO4. The summed E-state index contributed by atoms with van der Waals surface area (Å²) in [6.45, 7) is 2.26. The molecular weight excluding hydrogens is 375 g/mol. The minimum atomic E-state index is -1.12. The van der Waals surface area contributed by atoms with E-state index in [0.29, 0.717) is 12.8 Å². The van der Waals surface area contributed by atoms with E-state index in [2.05, 4.69) is 6.92 Å². The number of ether oxygens (including phenoxy) is 1. The molecule has 0 spiro atoms. The minimum Gasteiger partial charge on any atom is -0.550 e. The van der Waals surface area contributed by atoms with Crippen molar-refractivity contribution in [1.29, 1.82) is 0 Å². The second-order valence-electron chi connectivity index (χ2n) is 8.30. The number of carbonyl (C=O) groups excluding carboxylic acids is 2. The first kappa shape index (κ1) is 28.7. The number of carboxylic acid groups (broad SMARTS) is 1. The van der Waals surface area contributed by atoms with Crippen LogP contribution < -0.4 is 34.7 Å². The maximum Gasteiger partial charge on any atom is 1.00 e. The summed E-state index contributed by atoms with van der Waals surface area (Å²) < 4.78 is 5.16. The van der Waals surface area contributed by atoms with E-state index in [1.807, 2.05) is 6.08 Å². The van der Waals surface area contributed by atoms with E-state index in [1.165, 1.54) is 76.9 Å². The molecule has 1 aliphatic rings. The van der Waals surface area contributed by atoms with Gasteiger partial charge in [0, 0.05) is 11.9 Å². The molecule has 5 heteroatoms. The topological polar surface area (TPSA) is 66.4 Å². The van der Waals surface area contributed by atoms with Crippen molar-refractivity contribution in [2.45, 2.75) is 116 Å². The fourth-order valence-corrected chi connectivity index (χ4v) is 4.07. The van der Waals surface area contributed by atoms with Crippen molar-refractivity contribution in [3.63, 3.8) is 0 Å². The zero-order valence-corrected chi connectivity index (χ0v) is 21.0. The average molecular weight is 417 g/mol. The summed E-state index contributed by atoms with van der Waals surface area (Å²) >= 11 is 0. The van der Waals surface area contributed by atoms with Gasteiger partial charge in [0.2, 0.25) is 0 Å². The Balaban J connectivity index is 0.00000784. The van der Waals surface area contributed by atoms with E-state index in [1.54, 1.807) is 0 Å². The Morgan fingerprint density at radius 2 is 1.31 bits per heavy atom.